The maximum Gasteiger partial charge on any atom is 0.401 e. The lowest BCUT2D eigenvalue weighted by atomic mass is 9.89. The summed E-state index contributed by atoms with van der Waals surface area (Å²) in [6.07, 6.45) is -3.75. The molecule has 0 N–H and O–H groups in total. The van der Waals surface area contributed by atoms with Crippen molar-refractivity contribution >= 4 is 0 Å². The van der Waals surface area contributed by atoms with Gasteiger partial charge in [-0.05, 0) is 20.3 Å². The van der Waals surface area contributed by atoms with E-state index in [-0.39, 0.29) is 5.76 Å². The largest absolute Gasteiger partial charge is 0.401 e. The monoisotopic (exact) mass is 237 g/mol. The molecular formula is C11H18F3NO. The zero-order chi connectivity index (χ0) is 13.0. The van der Waals surface area contributed by atoms with Gasteiger partial charge in [0.05, 0.1) is 5.69 Å². The van der Waals surface area contributed by atoms with Gasteiger partial charge < -0.3 is 4.52 Å². The number of hydrogen-bond acceptors (Lipinski definition) is 2. The molecule has 0 fully saturated rings. The molecule has 16 heavy (non-hydrogen) atoms. The second kappa shape index (κ2) is 5.37. The van der Waals surface area contributed by atoms with Gasteiger partial charge in [0.1, 0.15) is 5.41 Å². The number of halogens is 3. The highest BCUT2D eigenvalue weighted by molar-refractivity contribution is 5.16. The van der Waals surface area contributed by atoms with Crippen LogP contribution in [-0.4, -0.2) is 11.3 Å². The fourth-order valence-corrected chi connectivity index (χ4v) is 0.913. The van der Waals surface area contributed by atoms with Crippen LogP contribution < -0.4 is 0 Å². The first-order chi connectivity index (χ1) is 7.29. The van der Waals surface area contributed by atoms with E-state index >= 15 is 0 Å². The maximum absolute atomic E-state index is 12.5. The lowest BCUT2D eigenvalue weighted by molar-refractivity contribution is -0.185. The summed E-state index contributed by atoms with van der Waals surface area (Å²) < 4.78 is 42.3. The molecule has 2 nitrogen and oxygen atoms in total. The van der Waals surface area contributed by atoms with Crippen molar-refractivity contribution in [1.29, 1.82) is 0 Å². The zero-order valence-electron chi connectivity index (χ0n) is 10.3. The minimum atomic E-state index is -4.32. The van der Waals surface area contributed by atoms with Crippen LogP contribution in [0.2, 0.25) is 0 Å². The van der Waals surface area contributed by atoms with Crippen molar-refractivity contribution in [1.82, 2.24) is 5.16 Å². The molecule has 0 aromatic carbocycles. The van der Waals surface area contributed by atoms with Gasteiger partial charge in [-0.25, -0.2) is 0 Å². The topological polar surface area (TPSA) is 26.0 Å². The molecule has 0 aliphatic carbocycles. The molecule has 0 amide bonds. The van der Waals surface area contributed by atoms with Crippen LogP contribution in [0.5, 0.6) is 0 Å². The van der Waals surface area contributed by atoms with E-state index in [1.165, 1.54) is 6.07 Å². The molecule has 0 aliphatic rings. The van der Waals surface area contributed by atoms with E-state index in [0.29, 0.717) is 12.1 Å². The average Bonchev–Trinajstić information content (AvgIpc) is 2.67. The van der Waals surface area contributed by atoms with Crippen molar-refractivity contribution in [3.05, 3.63) is 17.5 Å². The van der Waals surface area contributed by atoms with Crippen LogP contribution in [0.4, 0.5) is 13.2 Å². The molecule has 1 heterocycles. The first kappa shape index (κ1) is 15.0. The number of nitrogens with zero attached hydrogens (tertiary/aromatic N) is 1. The predicted octanol–water partition coefficient (Wildman–Crippen LogP) is 4.10. The summed E-state index contributed by atoms with van der Waals surface area (Å²) in [6, 6.07) is 1.35. The molecule has 1 rings (SSSR count). The molecule has 0 spiro atoms. The van der Waals surface area contributed by atoms with Gasteiger partial charge in [0.25, 0.3) is 0 Å². The van der Waals surface area contributed by atoms with Crippen LogP contribution in [-0.2, 0) is 11.8 Å². The van der Waals surface area contributed by atoms with Gasteiger partial charge >= 0.3 is 6.18 Å². The SMILES string of the molecule is CC.CCc1cc(C(C)(C)C(F)(F)F)on1. The van der Waals surface area contributed by atoms with Crippen LogP contribution in [0.25, 0.3) is 0 Å². The van der Waals surface area contributed by atoms with Crippen molar-refractivity contribution in [3.63, 3.8) is 0 Å². The van der Waals surface area contributed by atoms with Gasteiger partial charge in [-0.3, -0.25) is 0 Å². The number of alkyl halides is 3. The van der Waals surface area contributed by atoms with Crippen molar-refractivity contribution < 1.29 is 17.7 Å². The molecule has 0 unspecified atom stereocenters. The quantitative estimate of drug-likeness (QED) is 0.773. The minimum absolute atomic E-state index is 0.137. The number of rotatable bonds is 2. The molecule has 1 aromatic heterocycles. The Bertz CT molecular complexity index is 315. The first-order valence-electron chi connectivity index (χ1n) is 5.32. The Morgan fingerprint density at radius 3 is 2.06 bits per heavy atom. The van der Waals surface area contributed by atoms with E-state index in [9.17, 15) is 13.2 Å². The molecule has 0 bridgehead atoms. The molecule has 1 aromatic rings. The van der Waals surface area contributed by atoms with E-state index in [4.69, 9.17) is 0 Å². The average molecular weight is 237 g/mol. The van der Waals surface area contributed by atoms with Crippen molar-refractivity contribution in [2.45, 2.75) is 52.6 Å². The first-order valence-corrected chi connectivity index (χ1v) is 5.32. The van der Waals surface area contributed by atoms with Crippen molar-refractivity contribution in [3.8, 4) is 0 Å². The molecule has 0 saturated carbocycles. The molecular weight excluding hydrogens is 219 g/mol. The summed E-state index contributed by atoms with van der Waals surface area (Å²) in [7, 11) is 0. The van der Waals surface area contributed by atoms with Crippen LogP contribution in [0.15, 0.2) is 10.6 Å². The van der Waals surface area contributed by atoms with E-state index < -0.39 is 11.6 Å². The Hall–Kier alpha value is -1.00. The third kappa shape index (κ3) is 3.00. The second-order valence-corrected chi connectivity index (χ2v) is 3.66. The summed E-state index contributed by atoms with van der Waals surface area (Å²) in [5.74, 6) is -0.137. The van der Waals surface area contributed by atoms with Crippen LogP contribution in [0, 0.1) is 0 Å². The van der Waals surface area contributed by atoms with E-state index in [1.807, 2.05) is 20.8 Å². The van der Waals surface area contributed by atoms with E-state index in [2.05, 4.69) is 9.68 Å². The predicted molar refractivity (Wildman–Crippen MR) is 56.3 cm³/mol. The summed E-state index contributed by atoms with van der Waals surface area (Å²) in [5.41, 5.74) is -1.44. The highest BCUT2D eigenvalue weighted by Gasteiger charge is 2.51. The standard InChI is InChI=1S/C9H12F3NO.C2H6/c1-4-6-5-7(14-13-6)8(2,3)9(10,11)12;1-2/h5H,4H2,1-3H3;1-2H3. The Labute approximate surface area is 93.8 Å². The Morgan fingerprint density at radius 1 is 1.25 bits per heavy atom. The summed E-state index contributed by atoms with van der Waals surface area (Å²) in [5, 5.41) is 3.54. The summed E-state index contributed by atoms with van der Waals surface area (Å²) in [4.78, 5) is 0. The normalized spacial score (nSPS) is 12.0. The maximum atomic E-state index is 12.5. The van der Waals surface area contributed by atoms with Gasteiger partial charge in [-0.2, -0.15) is 13.2 Å². The third-order valence-corrected chi connectivity index (χ3v) is 2.25. The number of aromatic nitrogens is 1. The van der Waals surface area contributed by atoms with E-state index in [0.717, 1.165) is 13.8 Å². The molecule has 0 saturated heterocycles. The summed E-state index contributed by atoms with van der Waals surface area (Å²) in [6.45, 7) is 7.96. The van der Waals surface area contributed by atoms with Crippen LogP contribution in [0.3, 0.4) is 0 Å². The lowest BCUT2D eigenvalue weighted by Gasteiger charge is -2.24. The van der Waals surface area contributed by atoms with Gasteiger partial charge in [0, 0.05) is 6.07 Å². The Kier molecular flexibility index (Phi) is 5.03. The second-order valence-electron chi connectivity index (χ2n) is 3.66. The zero-order valence-corrected chi connectivity index (χ0v) is 10.3. The van der Waals surface area contributed by atoms with Gasteiger partial charge in [0.15, 0.2) is 5.76 Å². The smallest absolute Gasteiger partial charge is 0.360 e. The van der Waals surface area contributed by atoms with Crippen molar-refractivity contribution in [2.75, 3.05) is 0 Å². The number of hydrogen-bond donors (Lipinski definition) is 0. The fraction of sp³-hybridized carbons (Fsp3) is 0.727. The molecule has 0 radical (unpaired) electrons. The Morgan fingerprint density at radius 2 is 1.75 bits per heavy atom. The van der Waals surface area contributed by atoms with Crippen LogP contribution in [0.1, 0.15) is 46.1 Å². The van der Waals surface area contributed by atoms with Crippen LogP contribution >= 0.6 is 0 Å². The molecule has 94 valence electrons. The van der Waals surface area contributed by atoms with Gasteiger partial charge in [0.2, 0.25) is 0 Å². The van der Waals surface area contributed by atoms with Gasteiger partial charge in [-0.15, -0.1) is 0 Å². The van der Waals surface area contributed by atoms with Crippen molar-refractivity contribution in [2.24, 2.45) is 0 Å². The van der Waals surface area contributed by atoms with E-state index in [1.54, 1.807) is 0 Å². The summed E-state index contributed by atoms with van der Waals surface area (Å²) >= 11 is 0. The molecule has 0 aliphatic heterocycles. The Balaban J connectivity index is 0.00000106. The molecule has 0 atom stereocenters. The minimum Gasteiger partial charge on any atom is -0.360 e. The fourth-order valence-electron chi connectivity index (χ4n) is 0.913. The highest BCUT2D eigenvalue weighted by atomic mass is 19.4. The lowest BCUT2D eigenvalue weighted by Crippen LogP contribution is -2.35. The van der Waals surface area contributed by atoms with Gasteiger partial charge in [-0.1, -0.05) is 25.9 Å². The number of aryl methyl sites for hydroxylation is 1. The highest BCUT2D eigenvalue weighted by Crippen LogP contribution is 2.40. The molecule has 5 heteroatoms. The third-order valence-electron chi connectivity index (χ3n) is 2.25.